The van der Waals surface area contributed by atoms with Crippen molar-refractivity contribution in [3.63, 3.8) is 0 Å². The van der Waals surface area contributed by atoms with Crippen LogP contribution in [0.5, 0.6) is 0 Å². The van der Waals surface area contributed by atoms with Crippen LogP contribution in [0.15, 0.2) is 11.6 Å². The molecule has 0 aliphatic heterocycles. The Morgan fingerprint density at radius 3 is 2.81 bits per heavy atom. The maximum atomic E-state index is 4.37. The minimum Gasteiger partial charge on any atom is -0.358 e. The Labute approximate surface area is 101 Å². The second-order valence-corrected chi connectivity index (χ2v) is 7.22. The third-order valence-corrected chi connectivity index (χ3v) is 5.67. The van der Waals surface area contributed by atoms with Crippen LogP contribution in [-0.2, 0) is 0 Å². The molecule has 0 spiro atoms. The number of nitrogens with zero attached hydrogens (tertiary/aromatic N) is 1. The Balaban J connectivity index is 1.88. The van der Waals surface area contributed by atoms with Gasteiger partial charge in [-0.15, -0.1) is 11.3 Å². The quantitative estimate of drug-likeness (QED) is 0.845. The number of fused-ring (bicyclic) bond motifs is 2. The summed E-state index contributed by atoms with van der Waals surface area (Å²) in [4.78, 5) is 4.37. The molecule has 1 aromatic heterocycles. The highest BCUT2D eigenvalue weighted by Crippen LogP contribution is 2.63. The summed E-state index contributed by atoms with van der Waals surface area (Å²) in [6.07, 6.45) is 6.07. The van der Waals surface area contributed by atoms with E-state index in [4.69, 9.17) is 0 Å². The van der Waals surface area contributed by atoms with Crippen molar-refractivity contribution in [1.82, 2.24) is 4.98 Å². The van der Waals surface area contributed by atoms with Gasteiger partial charge < -0.3 is 5.32 Å². The zero-order chi connectivity index (χ0) is 11.4. The van der Waals surface area contributed by atoms with Gasteiger partial charge in [0.25, 0.3) is 0 Å². The molecule has 2 nitrogen and oxygen atoms in total. The fourth-order valence-corrected chi connectivity index (χ4v) is 4.64. The van der Waals surface area contributed by atoms with E-state index in [1.807, 2.05) is 11.6 Å². The Kier molecular flexibility index (Phi) is 2.13. The highest BCUT2D eigenvalue weighted by molar-refractivity contribution is 7.13. The van der Waals surface area contributed by atoms with Crippen LogP contribution in [0.4, 0.5) is 5.13 Å². The smallest absolute Gasteiger partial charge is 0.182 e. The fourth-order valence-electron chi connectivity index (χ4n) is 4.08. The molecule has 3 atom stereocenters. The molecule has 3 heteroatoms. The van der Waals surface area contributed by atoms with Gasteiger partial charge in [0.2, 0.25) is 0 Å². The van der Waals surface area contributed by atoms with E-state index in [1.165, 1.54) is 19.3 Å². The molecular weight excluding hydrogens is 216 g/mol. The predicted molar refractivity (Wildman–Crippen MR) is 68.8 cm³/mol. The largest absolute Gasteiger partial charge is 0.358 e. The summed E-state index contributed by atoms with van der Waals surface area (Å²) in [6.45, 7) is 7.30. The maximum Gasteiger partial charge on any atom is 0.182 e. The summed E-state index contributed by atoms with van der Waals surface area (Å²) >= 11 is 1.71. The van der Waals surface area contributed by atoms with Crippen LogP contribution >= 0.6 is 11.3 Å². The molecule has 16 heavy (non-hydrogen) atoms. The lowest BCUT2D eigenvalue weighted by Gasteiger charge is -2.43. The first-order valence-electron chi connectivity index (χ1n) is 6.18. The van der Waals surface area contributed by atoms with E-state index in [2.05, 4.69) is 31.1 Å². The van der Waals surface area contributed by atoms with E-state index in [-0.39, 0.29) is 0 Å². The SMILES string of the molecule is CC12CCC(C1)C(C)(C)C2Nc1nccs1. The molecule has 3 unspecified atom stereocenters. The van der Waals surface area contributed by atoms with Crippen LogP contribution in [0.2, 0.25) is 0 Å². The molecule has 1 aromatic rings. The van der Waals surface area contributed by atoms with E-state index in [0.717, 1.165) is 11.0 Å². The number of thiazole rings is 1. The second kappa shape index (κ2) is 3.22. The fraction of sp³-hybridized carbons (Fsp3) is 0.769. The van der Waals surface area contributed by atoms with E-state index in [0.29, 0.717) is 16.9 Å². The molecule has 2 saturated carbocycles. The van der Waals surface area contributed by atoms with Crippen molar-refractivity contribution in [2.24, 2.45) is 16.7 Å². The third-order valence-electron chi connectivity index (χ3n) is 4.97. The van der Waals surface area contributed by atoms with E-state index in [9.17, 15) is 0 Å². The minimum absolute atomic E-state index is 0.415. The molecule has 1 heterocycles. The van der Waals surface area contributed by atoms with Gasteiger partial charge in [-0.3, -0.25) is 0 Å². The zero-order valence-corrected chi connectivity index (χ0v) is 11.1. The van der Waals surface area contributed by atoms with E-state index < -0.39 is 0 Å². The van der Waals surface area contributed by atoms with Gasteiger partial charge in [0.1, 0.15) is 0 Å². The number of nitrogens with one attached hydrogen (secondary N) is 1. The van der Waals surface area contributed by atoms with Crippen molar-refractivity contribution in [2.75, 3.05) is 5.32 Å². The van der Waals surface area contributed by atoms with Crippen LogP contribution in [0.25, 0.3) is 0 Å². The second-order valence-electron chi connectivity index (χ2n) is 6.33. The summed E-state index contributed by atoms with van der Waals surface area (Å²) in [5.74, 6) is 0.898. The van der Waals surface area contributed by atoms with Crippen molar-refractivity contribution in [3.8, 4) is 0 Å². The Morgan fingerprint density at radius 1 is 1.44 bits per heavy atom. The number of hydrogen-bond acceptors (Lipinski definition) is 3. The average Bonchev–Trinajstić information content (AvgIpc) is 2.85. The van der Waals surface area contributed by atoms with Crippen molar-refractivity contribution in [1.29, 1.82) is 0 Å². The van der Waals surface area contributed by atoms with Crippen LogP contribution < -0.4 is 5.32 Å². The van der Waals surface area contributed by atoms with Gasteiger partial charge in [0, 0.05) is 17.6 Å². The lowest BCUT2D eigenvalue weighted by atomic mass is 9.68. The van der Waals surface area contributed by atoms with Crippen molar-refractivity contribution in [3.05, 3.63) is 11.6 Å². The number of rotatable bonds is 2. The molecule has 0 amide bonds. The number of hydrogen-bond donors (Lipinski definition) is 1. The molecule has 0 radical (unpaired) electrons. The van der Waals surface area contributed by atoms with Crippen LogP contribution in [0, 0.1) is 16.7 Å². The molecule has 2 aliphatic carbocycles. The van der Waals surface area contributed by atoms with E-state index in [1.54, 1.807) is 11.3 Å². The zero-order valence-electron chi connectivity index (χ0n) is 10.3. The summed E-state index contributed by atoms with van der Waals surface area (Å²) < 4.78 is 0. The van der Waals surface area contributed by atoms with Gasteiger partial charge in [0.15, 0.2) is 5.13 Å². The Morgan fingerprint density at radius 2 is 2.25 bits per heavy atom. The average molecular weight is 236 g/mol. The Bertz CT molecular complexity index is 380. The number of aromatic nitrogens is 1. The normalized spacial score (nSPS) is 40.2. The van der Waals surface area contributed by atoms with Crippen LogP contribution in [0.3, 0.4) is 0 Å². The molecule has 3 rings (SSSR count). The molecule has 88 valence electrons. The summed E-state index contributed by atoms with van der Waals surface area (Å²) in [7, 11) is 0. The number of anilines is 1. The minimum atomic E-state index is 0.415. The molecule has 0 aromatic carbocycles. The van der Waals surface area contributed by atoms with Gasteiger partial charge in [-0.2, -0.15) is 0 Å². The molecule has 2 bridgehead atoms. The molecule has 2 aliphatic rings. The van der Waals surface area contributed by atoms with Gasteiger partial charge in [-0.05, 0) is 36.0 Å². The highest BCUT2D eigenvalue weighted by Gasteiger charge is 2.59. The van der Waals surface area contributed by atoms with Crippen molar-refractivity contribution >= 4 is 16.5 Å². The lowest BCUT2D eigenvalue weighted by molar-refractivity contribution is 0.155. The van der Waals surface area contributed by atoms with Crippen LogP contribution in [0.1, 0.15) is 40.0 Å². The predicted octanol–water partition coefficient (Wildman–Crippen LogP) is 3.77. The monoisotopic (exact) mass is 236 g/mol. The molecule has 1 N–H and O–H groups in total. The summed E-state index contributed by atoms with van der Waals surface area (Å²) in [5, 5.41) is 6.83. The van der Waals surface area contributed by atoms with Gasteiger partial charge in [-0.1, -0.05) is 20.8 Å². The van der Waals surface area contributed by atoms with Gasteiger partial charge in [-0.25, -0.2) is 4.98 Å². The molecule has 2 fully saturated rings. The lowest BCUT2D eigenvalue weighted by Crippen LogP contribution is -2.45. The van der Waals surface area contributed by atoms with Crippen molar-refractivity contribution < 1.29 is 0 Å². The van der Waals surface area contributed by atoms with Crippen LogP contribution in [-0.4, -0.2) is 11.0 Å². The first-order valence-corrected chi connectivity index (χ1v) is 7.06. The third kappa shape index (κ3) is 1.33. The first-order chi connectivity index (χ1) is 7.52. The Hall–Kier alpha value is -0.570. The standard InChI is InChI=1S/C13H20N2S/c1-12(2)9-4-5-13(3,8-9)10(12)15-11-14-6-7-16-11/h6-7,9-10H,4-5,8H2,1-3H3,(H,14,15). The summed E-state index contributed by atoms with van der Waals surface area (Å²) in [6, 6.07) is 0.588. The topological polar surface area (TPSA) is 24.9 Å². The van der Waals surface area contributed by atoms with E-state index >= 15 is 0 Å². The maximum absolute atomic E-state index is 4.37. The first kappa shape index (κ1) is 10.6. The molecular formula is C13H20N2S. The summed E-state index contributed by atoms with van der Waals surface area (Å²) in [5.41, 5.74) is 0.901. The van der Waals surface area contributed by atoms with Gasteiger partial charge >= 0.3 is 0 Å². The van der Waals surface area contributed by atoms with Crippen molar-refractivity contribution in [2.45, 2.75) is 46.1 Å². The molecule has 0 saturated heterocycles. The van der Waals surface area contributed by atoms with Gasteiger partial charge in [0.05, 0.1) is 0 Å². The highest BCUT2D eigenvalue weighted by atomic mass is 32.1.